The predicted molar refractivity (Wildman–Crippen MR) is 88.9 cm³/mol. The van der Waals surface area contributed by atoms with Crippen molar-refractivity contribution in [2.45, 2.75) is 13.5 Å². The van der Waals surface area contributed by atoms with E-state index in [4.69, 9.17) is 21.1 Å². The van der Waals surface area contributed by atoms with Gasteiger partial charge >= 0.3 is 5.97 Å². The fourth-order valence-electron chi connectivity index (χ4n) is 1.90. The van der Waals surface area contributed by atoms with Crippen LogP contribution < -0.4 is 5.32 Å². The first-order chi connectivity index (χ1) is 11.6. The van der Waals surface area contributed by atoms with Crippen molar-refractivity contribution in [3.05, 3.63) is 47.1 Å². The molecule has 0 radical (unpaired) electrons. The Kier molecular flexibility index (Phi) is 6.77. The highest BCUT2D eigenvalue weighted by Crippen LogP contribution is 2.18. The summed E-state index contributed by atoms with van der Waals surface area (Å²) >= 11 is 6.13. The number of carbonyl (C=O) groups excluding carboxylic acids is 2. The van der Waals surface area contributed by atoms with Crippen LogP contribution in [-0.4, -0.2) is 41.5 Å². The molecule has 1 aromatic carbocycles. The summed E-state index contributed by atoms with van der Waals surface area (Å²) < 4.78 is 11.3. The molecule has 1 heterocycles. The average molecular weight is 352 g/mol. The Hall–Kier alpha value is -2.38. The van der Waals surface area contributed by atoms with Crippen molar-refractivity contribution in [1.82, 2.24) is 9.78 Å². The van der Waals surface area contributed by atoms with Crippen LogP contribution in [0.2, 0.25) is 5.02 Å². The second kappa shape index (κ2) is 9.05. The maximum Gasteiger partial charge on any atom is 0.332 e. The first-order valence-electron chi connectivity index (χ1n) is 7.38. The number of hydrogen-bond acceptors (Lipinski definition) is 5. The molecule has 0 aliphatic heterocycles. The molecule has 0 fully saturated rings. The second-order valence-corrected chi connectivity index (χ2v) is 5.22. The molecule has 0 atom stereocenters. The average Bonchev–Trinajstić information content (AvgIpc) is 3.00. The molecule has 0 aliphatic rings. The molecule has 8 heteroatoms. The highest BCUT2D eigenvalue weighted by atomic mass is 35.5. The van der Waals surface area contributed by atoms with Crippen LogP contribution in [0.25, 0.3) is 0 Å². The monoisotopic (exact) mass is 351 g/mol. The lowest BCUT2D eigenvalue weighted by Gasteiger charge is -2.10. The minimum atomic E-state index is -0.587. The molecule has 0 bridgehead atoms. The molecule has 0 spiro atoms. The van der Waals surface area contributed by atoms with E-state index >= 15 is 0 Å². The number of nitrogens with zero attached hydrogens (tertiary/aromatic N) is 2. The first-order valence-corrected chi connectivity index (χ1v) is 7.76. The first kappa shape index (κ1) is 18.0. The van der Waals surface area contributed by atoms with Crippen molar-refractivity contribution in [2.24, 2.45) is 0 Å². The molecule has 0 aliphatic carbocycles. The van der Waals surface area contributed by atoms with Gasteiger partial charge in [-0.1, -0.05) is 29.8 Å². The summed E-state index contributed by atoms with van der Waals surface area (Å²) in [5.74, 6) is -0.557. The van der Waals surface area contributed by atoms with E-state index in [2.05, 4.69) is 10.4 Å². The standard InChI is InChI=1S/C16H18ClN3O4/c1-2-23-11-16(22)24-10-15(21)19-14-7-8-18-20(14)9-12-5-3-4-6-13(12)17/h3-8H,2,9-11H2,1H3,(H,19,21). The highest BCUT2D eigenvalue weighted by Gasteiger charge is 2.11. The number of halogens is 1. The number of esters is 1. The van der Waals surface area contributed by atoms with Crippen molar-refractivity contribution in [1.29, 1.82) is 0 Å². The van der Waals surface area contributed by atoms with Crippen LogP contribution in [0.4, 0.5) is 5.82 Å². The molecule has 1 N–H and O–H groups in total. The second-order valence-electron chi connectivity index (χ2n) is 4.81. The van der Waals surface area contributed by atoms with E-state index in [0.29, 0.717) is 24.0 Å². The Labute approximate surface area is 144 Å². The third-order valence-corrected chi connectivity index (χ3v) is 3.42. The number of aromatic nitrogens is 2. The molecule has 1 amide bonds. The summed E-state index contributed by atoms with van der Waals surface area (Å²) in [7, 11) is 0. The van der Waals surface area contributed by atoms with Gasteiger partial charge in [-0.05, 0) is 18.6 Å². The Morgan fingerprint density at radius 2 is 2.04 bits per heavy atom. The normalized spacial score (nSPS) is 10.4. The van der Waals surface area contributed by atoms with Gasteiger partial charge in [0.05, 0.1) is 12.7 Å². The Balaban J connectivity index is 1.90. The zero-order chi connectivity index (χ0) is 17.4. The Bertz CT molecular complexity index is 702. The molecule has 0 saturated heterocycles. The van der Waals surface area contributed by atoms with E-state index in [1.54, 1.807) is 29.9 Å². The molecule has 0 saturated carbocycles. The van der Waals surface area contributed by atoms with E-state index in [9.17, 15) is 9.59 Å². The van der Waals surface area contributed by atoms with Gasteiger partial charge in [0, 0.05) is 17.7 Å². The zero-order valence-electron chi connectivity index (χ0n) is 13.2. The van der Waals surface area contributed by atoms with Crippen LogP contribution in [0.1, 0.15) is 12.5 Å². The van der Waals surface area contributed by atoms with Crippen molar-refractivity contribution >= 4 is 29.3 Å². The third kappa shape index (κ3) is 5.36. The summed E-state index contributed by atoms with van der Waals surface area (Å²) in [6.45, 7) is 2.02. The van der Waals surface area contributed by atoms with Crippen molar-refractivity contribution in [2.75, 3.05) is 25.1 Å². The largest absolute Gasteiger partial charge is 0.454 e. The topological polar surface area (TPSA) is 82.4 Å². The lowest BCUT2D eigenvalue weighted by atomic mass is 10.2. The summed E-state index contributed by atoms with van der Waals surface area (Å²) in [6.07, 6.45) is 1.56. The van der Waals surface area contributed by atoms with Gasteiger partial charge in [-0.25, -0.2) is 9.48 Å². The van der Waals surface area contributed by atoms with Crippen LogP contribution in [0.5, 0.6) is 0 Å². The minimum absolute atomic E-state index is 0.172. The van der Waals surface area contributed by atoms with Crippen molar-refractivity contribution < 1.29 is 19.1 Å². The number of rotatable bonds is 8. The van der Waals surface area contributed by atoms with E-state index in [0.717, 1.165) is 5.56 Å². The van der Waals surface area contributed by atoms with Gasteiger partial charge < -0.3 is 14.8 Å². The summed E-state index contributed by atoms with van der Waals surface area (Å²) in [5.41, 5.74) is 0.876. The van der Waals surface area contributed by atoms with Gasteiger partial charge in [-0.15, -0.1) is 0 Å². The van der Waals surface area contributed by atoms with E-state index in [1.165, 1.54) is 0 Å². The Morgan fingerprint density at radius 3 is 2.79 bits per heavy atom. The summed E-state index contributed by atoms with van der Waals surface area (Å²) in [5, 5.41) is 7.42. The van der Waals surface area contributed by atoms with Gasteiger partial charge in [0.25, 0.3) is 5.91 Å². The number of anilines is 1. The van der Waals surface area contributed by atoms with Gasteiger partial charge in [0.1, 0.15) is 12.4 Å². The van der Waals surface area contributed by atoms with Crippen LogP contribution in [0.3, 0.4) is 0 Å². The lowest BCUT2D eigenvalue weighted by molar-refractivity contribution is -0.151. The molecular weight excluding hydrogens is 334 g/mol. The molecule has 0 unspecified atom stereocenters. The molecule has 2 aromatic rings. The van der Waals surface area contributed by atoms with E-state index < -0.39 is 11.9 Å². The minimum Gasteiger partial charge on any atom is -0.454 e. The number of amides is 1. The van der Waals surface area contributed by atoms with Crippen molar-refractivity contribution in [3.8, 4) is 0 Å². The number of nitrogens with one attached hydrogen (secondary N) is 1. The molecule has 7 nitrogen and oxygen atoms in total. The van der Waals surface area contributed by atoms with Crippen LogP contribution >= 0.6 is 11.6 Å². The van der Waals surface area contributed by atoms with Crippen LogP contribution in [0, 0.1) is 0 Å². The summed E-state index contributed by atoms with van der Waals surface area (Å²) in [6, 6.07) is 9.04. The molecule has 1 aromatic heterocycles. The number of benzene rings is 1. The van der Waals surface area contributed by atoms with Crippen LogP contribution in [0.15, 0.2) is 36.5 Å². The van der Waals surface area contributed by atoms with Gasteiger partial charge in [-0.3, -0.25) is 4.79 Å². The van der Waals surface area contributed by atoms with Gasteiger partial charge in [-0.2, -0.15) is 5.10 Å². The van der Waals surface area contributed by atoms with Gasteiger partial charge in [0.15, 0.2) is 6.61 Å². The SMILES string of the molecule is CCOCC(=O)OCC(=O)Nc1ccnn1Cc1ccccc1Cl. The van der Waals surface area contributed by atoms with E-state index in [1.807, 2.05) is 18.2 Å². The third-order valence-electron chi connectivity index (χ3n) is 3.05. The molecular formula is C16H18ClN3O4. The molecule has 24 heavy (non-hydrogen) atoms. The highest BCUT2D eigenvalue weighted by molar-refractivity contribution is 6.31. The fraction of sp³-hybridized carbons (Fsp3) is 0.312. The molecule has 128 valence electrons. The maximum atomic E-state index is 11.9. The Morgan fingerprint density at radius 1 is 1.25 bits per heavy atom. The summed E-state index contributed by atoms with van der Waals surface area (Å²) in [4.78, 5) is 23.2. The maximum absolute atomic E-state index is 11.9. The number of carbonyl (C=O) groups is 2. The smallest absolute Gasteiger partial charge is 0.332 e. The van der Waals surface area contributed by atoms with E-state index in [-0.39, 0.29) is 13.2 Å². The molecule has 2 rings (SSSR count). The number of ether oxygens (including phenoxy) is 2. The predicted octanol–water partition coefficient (Wildman–Crippen LogP) is 2.10. The fourth-order valence-corrected chi connectivity index (χ4v) is 2.10. The van der Waals surface area contributed by atoms with Gasteiger partial charge in [0.2, 0.25) is 0 Å². The lowest BCUT2D eigenvalue weighted by Crippen LogP contribution is -2.24. The quantitative estimate of drug-likeness (QED) is 0.736. The zero-order valence-corrected chi connectivity index (χ0v) is 14.0. The van der Waals surface area contributed by atoms with Crippen molar-refractivity contribution in [3.63, 3.8) is 0 Å². The number of hydrogen-bond donors (Lipinski definition) is 1. The van der Waals surface area contributed by atoms with Crippen LogP contribution in [-0.2, 0) is 25.6 Å².